The Morgan fingerprint density at radius 2 is 2.05 bits per heavy atom. The molecule has 0 saturated heterocycles. The molecule has 19 heavy (non-hydrogen) atoms. The van der Waals surface area contributed by atoms with Gasteiger partial charge in [0.05, 0.1) is 12.8 Å². The van der Waals surface area contributed by atoms with Gasteiger partial charge in [-0.15, -0.1) is 0 Å². The van der Waals surface area contributed by atoms with Crippen molar-refractivity contribution < 1.29 is 19.0 Å². The minimum Gasteiger partial charge on any atom is -0.494 e. The Hall–Kier alpha value is -2.50. The van der Waals surface area contributed by atoms with Crippen LogP contribution in [0.4, 0.5) is 4.39 Å². The third-order valence-corrected chi connectivity index (χ3v) is 2.50. The Morgan fingerprint density at radius 1 is 1.32 bits per heavy atom. The molecule has 0 atom stereocenters. The fourth-order valence-corrected chi connectivity index (χ4v) is 1.65. The summed E-state index contributed by atoms with van der Waals surface area (Å²) in [4.78, 5) is 18.8. The average molecular weight is 262 g/mol. The van der Waals surface area contributed by atoms with Crippen LogP contribution < -0.4 is 4.74 Å². The molecule has 0 aliphatic rings. The van der Waals surface area contributed by atoms with E-state index in [1.165, 1.54) is 25.3 Å². The van der Waals surface area contributed by atoms with Crippen LogP contribution in [0.3, 0.4) is 0 Å². The minimum absolute atomic E-state index is 0.119. The fourth-order valence-electron chi connectivity index (χ4n) is 1.65. The minimum atomic E-state index is -1.15. The molecule has 1 aromatic carbocycles. The zero-order valence-corrected chi connectivity index (χ0v) is 10.3. The van der Waals surface area contributed by atoms with Gasteiger partial charge in [0.25, 0.3) is 0 Å². The molecule has 0 spiro atoms. The molecule has 0 unspecified atom stereocenters. The van der Waals surface area contributed by atoms with Crippen molar-refractivity contribution in [2.24, 2.45) is 0 Å². The Morgan fingerprint density at radius 3 is 2.63 bits per heavy atom. The monoisotopic (exact) mass is 262 g/mol. The van der Waals surface area contributed by atoms with Gasteiger partial charge in [-0.1, -0.05) is 0 Å². The third kappa shape index (κ3) is 2.67. The molecule has 6 heteroatoms. The summed E-state index contributed by atoms with van der Waals surface area (Å²) in [6.07, 6.45) is 0. The predicted molar refractivity (Wildman–Crippen MR) is 65.7 cm³/mol. The molecule has 0 bridgehead atoms. The summed E-state index contributed by atoms with van der Waals surface area (Å²) < 4.78 is 18.4. The molecule has 98 valence electrons. The van der Waals surface area contributed by atoms with Crippen molar-refractivity contribution in [1.29, 1.82) is 0 Å². The number of rotatable bonds is 3. The van der Waals surface area contributed by atoms with E-state index in [9.17, 15) is 9.18 Å². The summed E-state index contributed by atoms with van der Waals surface area (Å²) in [5.41, 5.74) is 0.691. The number of ether oxygens (including phenoxy) is 1. The maximum atomic E-state index is 13.6. The van der Waals surface area contributed by atoms with Gasteiger partial charge < -0.3 is 9.84 Å². The van der Waals surface area contributed by atoms with Crippen LogP contribution in [0.5, 0.6) is 5.75 Å². The molecule has 5 nitrogen and oxygen atoms in total. The molecule has 1 N–H and O–H groups in total. The Bertz CT molecular complexity index is 644. The molecule has 2 aromatic rings. The molecule has 1 aromatic heterocycles. The number of aromatic carboxylic acids is 1. The zero-order chi connectivity index (χ0) is 14.0. The SMILES string of the molecule is COc1ccc(-c2cc(C(=O)O)nc(C)n2)cc1F. The lowest BCUT2D eigenvalue weighted by molar-refractivity contribution is 0.0690. The number of benzene rings is 1. The van der Waals surface area contributed by atoms with Gasteiger partial charge in [-0.2, -0.15) is 0 Å². The topological polar surface area (TPSA) is 72.3 Å². The largest absolute Gasteiger partial charge is 0.494 e. The number of aromatic nitrogens is 2. The lowest BCUT2D eigenvalue weighted by atomic mass is 10.1. The highest BCUT2D eigenvalue weighted by Crippen LogP contribution is 2.24. The van der Waals surface area contributed by atoms with E-state index >= 15 is 0 Å². The number of carboxylic acid groups (broad SMARTS) is 1. The molecule has 0 aliphatic carbocycles. The summed E-state index contributed by atoms with van der Waals surface area (Å²) >= 11 is 0. The van der Waals surface area contributed by atoms with E-state index in [-0.39, 0.29) is 11.4 Å². The molecule has 0 saturated carbocycles. The van der Waals surface area contributed by atoms with E-state index in [1.54, 1.807) is 13.0 Å². The van der Waals surface area contributed by atoms with Crippen LogP contribution >= 0.6 is 0 Å². The summed E-state index contributed by atoms with van der Waals surface area (Å²) in [7, 11) is 1.37. The number of hydrogen-bond acceptors (Lipinski definition) is 4. The second kappa shape index (κ2) is 5.01. The average Bonchev–Trinajstić information content (AvgIpc) is 2.37. The highest BCUT2D eigenvalue weighted by atomic mass is 19.1. The van der Waals surface area contributed by atoms with E-state index in [1.807, 2.05) is 0 Å². The van der Waals surface area contributed by atoms with E-state index in [0.717, 1.165) is 0 Å². The smallest absolute Gasteiger partial charge is 0.354 e. The van der Waals surface area contributed by atoms with Gasteiger partial charge in [0.2, 0.25) is 0 Å². The number of hydrogen-bond donors (Lipinski definition) is 1. The van der Waals surface area contributed by atoms with Crippen LogP contribution in [0.1, 0.15) is 16.3 Å². The van der Waals surface area contributed by atoms with Gasteiger partial charge in [0.1, 0.15) is 5.82 Å². The van der Waals surface area contributed by atoms with Crippen molar-refractivity contribution in [2.75, 3.05) is 7.11 Å². The first-order chi connectivity index (χ1) is 9.01. The molecule has 2 rings (SSSR count). The highest BCUT2D eigenvalue weighted by molar-refractivity contribution is 5.86. The molecule has 1 heterocycles. The molecule has 0 aliphatic heterocycles. The van der Waals surface area contributed by atoms with Crippen LogP contribution in [0.25, 0.3) is 11.3 Å². The summed E-state index contributed by atoms with van der Waals surface area (Å²) in [5, 5.41) is 8.93. The summed E-state index contributed by atoms with van der Waals surface area (Å²) in [5.74, 6) is -1.26. The quantitative estimate of drug-likeness (QED) is 0.918. The van der Waals surface area contributed by atoms with Crippen LogP contribution in [0, 0.1) is 12.7 Å². The van der Waals surface area contributed by atoms with Crippen molar-refractivity contribution in [2.45, 2.75) is 6.92 Å². The normalized spacial score (nSPS) is 10.3. The Balaban J connectivity index is 2.52. The standard InChI is InChI=1S/C13H11FN2O3/c1-7-15-10(6-11(16-7)13(17)18)8-3-4-12(19-2)9(14)5-8/h3-6H,1-2H3,(H,17,18). The van der Waals surface area contributed by atoms with Gasteiger partial charge >= 0.3 is 5.97 Å². The van der Waals surface area contributed by atoms with Gasteiger partial charge in [-0.3, -0.25) is 0 Å². The van der Waals surface area contributed by atoms with Crippen molar-refractivity contribution in [3.8, 4) is 17.0 Å². The third-order valence-electron chi connectivity index (χ3n) is 2.50. The predicted octanol–water partition coefficient (Wildman–Crippen LogP) is 2.30. The van der Waals surface area contributed by atoms with Crippen molar-refractivity contribution >= 4 is 5.97 Å². The van der Waals surface area contributed by atoms with Crippen LogP contribution in [-0.2, 0) is 0 Å². The first kappa shape index (κ1) is 12.9. The van der Waals surface area contributed by atoms with E-state index in [4.69, 9.17) is 9.84 Å². The molecule has 0 amide bonds. The maximum absolute atomic E-state index is 13.6. The summed E-state index contributed by atoms with van der Waals surface area (Å²) in [6.45, 7) is 1.58. The van der Waals surface area contributed by atoms with Gasteiger partial charge in [-0.25, -0.2) is 19.2 Å². The Kier molecular flexibility index (Phi) is 3.41. The Labute approximate surface area is 108 Å². The number of aryl methyl sites for hydroxylation is 1. The first-order valence-corrected chi connectivity index (χ1v) is 5.44. The van der Waals surface area contributed by atoms with Crippen LogP contribution in [0.15, 0.2) is 24.3 Å². The van der Waals surface area contributed by atoms with Crippen molar-refractivity contribution in [1.82, 2.24) is 9.97 Å². The van der Waals surface area contributed by atoms with Crippen LogP contribution in [-0.4, -0.2) is 28.2 Å². The van der Waals surface area contributed by atoms with E-state index in [0.29, 0.717) is 17.1 Å². The maximum Gasteiger partial charge on any atom is 0.354 e. The number of carbonyl (C=O) groups is 1. The molecular formula is C13H11FN2O3. The molecular weight excluding hydrogens is 251 g/mol. The van der Waals surface area contributed by atoms with Gasteiger partial charge in [-0.05, 0) is 31.2 Å². The van der Waals surface area contributed by atoms with Gasteiger partial charge in [0.15, 0.2) is 17.3 Å². The van der Waals surface area contributed by atoms with E-state index in [2.05, 4.69) is 9.97 Å². The number of nitrogens with zero attached hydrogens (tertiary/aromatic N) is 2. The molecule has 0 radical (unpaired) electrons. The fraction of sp³-hybridized carbons (Fsp3) is 0.154. The summed E-state index contributed by atoms with van der Waals surface area (Å²) in [6, 6.07) is 5.61. The van der Waals surface area contributed by atoms with Crippen molar-refractivity contribution in [3.63, 3.8) is 0 Å². The highest BCUT2D eigenvalue weighted by Gasteiger charge is 2.11. The molecule has 0 fully saturated rings. The zero-order valence-electron chi connectivity index (χ0n) is 10.3. The first-order valence-electron chi connectivity index (χ1n) is 5.44. The van der Waals surface area contributed by atoms with E-state index < -0.39 is 11.8 Å². The van der Waals surface area contributed by atoms with Gasteiger partial charge in [0, 0.05) is 5.56 Å². The lowest BCUT2D eigenvalue weighted by Crippen LogP contribution is -2.04. The number of methoxy groups -OCH3 is 1. The number of carboxylic acids is 1. The van der Waals surface area contributed by atoms with Crippen molar-refractivity contribution in [3.05, 3.63) is 41.6 Å². The number of halogens is 1. The second-order valence-corrected chi connectivity index (χ2v) is 3.84. The van der Waals surface area contributed by atoms with Crippen LogP contribution in [0.2, 0.25) is 0 Å². The lowest BCUT2D eigenvalue weighted by Gasteiger charge is -2.06. The second-order valence-electron chi connectivity index (χ2n) is 3.84.